The van der Waals surface area contributed by atoms with Crippen molar-refractivity contribution in [2.24, 2.45) is 5.92 Å². The first-order chi connectivity index (χ1) is 12.7. The number of amides is 2. The van der Waals surface area contributed by atoms with Crippen LogP contribution >= 0.6 is 0 Å². The minimum Gasteiger partial charge on any atom is -0.496 e. The zero-order chi connectivity index (χ0) is 18.4. The average molecular weight is 352 g/mol. The fourth-order valence-corrected chi connectivity index (χ4v) is 3.28. The third-order valence-corrected chi connectivity index (χ3v) is 4.82. The monoisotopic (exact) mass is 352 g/mol. The number of carbonyl (C=O) groups is 2. The van der Waals surface area contributed by atoms with E-state index in [1.807, 2.05) is 59.5 Å². The van der Waals surface area contributed by atoms with Crippen LogP contribution in [-0.2, 0) is 11.3 Å². The van der Waals surface area contributed by atoms with Crippen LogP contribution in [0.5, 0.6) is 5.75 Å². The number of para-hydroxylation sites is 1. The molecule has 1 fully saturated rings. The van der Waals surface area contributed by atoms with Crippen LogP contribution in [0.3, 0.4) is 0 Å². The second-order valence-electron chi connectivity index (χ2n) is 6.46. The summed E-state index contributed by atoms with van der Waals surface area (Å²) >= 11 is 0. The summed E-state index contributed by atoms with van der Waals surface area (Å²) in [7, 11) is 1.63. The maximum atomic E-state index is 12.5. The van der Waals surface area contributed by atoms with Crippen molar-refractivity contribution in [1.29, 1.82) is 0 Å². The highest BCUT2D eigenvalue weighted by Crippen LogP contribution is 2.21. The van der Waals surface area contributed by atoms with E-state index in [1.54, 1.807) is 7.11 Å². The summed E-state index contributed by atoms with van der Waals surface area (Å²) in [6.07, 6.45) is 1.38. The van der Waals surface area contributed by atoms with E-state index in [-0.39, 0.29) is 17.7 Å². The molecule has 5 nitrogen and oxygen atoms in total. The number of ether oxygens (including phenoxy) is 1. The van der Waals surface area contributed by atoms with Crippen molar-refractivity contribution in [2.75, 3.05) is 20.2 Å². The number of likely N-dealkylation sites (tertiary alicyclic amines) is 1. The fourth-order valence-electron chi connectivity index (χ4n) is 3.28. The lowest BCUT2D eigenvalue weighted by Crippen LogP contribution is -2.42. The lowest BCUT2D eigenvalue weighted by Gasteiger charge is -2.31. The van der Waals surface area contributed by atoms with E-state index in [1.165, 1.54) is 0 Å². The van der Waals surface area contributed by atoms with Gasteiger partial charge in [-0.3, -0.25) is 9.59 Å². The van der Waals surface area contributed by atoms with Gasteiger partial charge in [0.1, 0.15) is 5.75 Å². The van der Waals surface area contributed by atoms with Gasteiger partial charge >= 0.3 is 0 Å². The predicted octanol–water partition coefficient (Wildman–Crippen LogP) is 2.86. The van der Waals surface area contributed by atoms with Crippen molar-refractivity contribution in [1.82, 2.24) is 10.2 Å². The van der Waals surface area contributed by atoms with E-state index in [9.17, 15) is 9.59 Å². The number of hydrogen-bond acceptors (Lipinski definition) is 3. The van der Waals surface area contributed by atoms with Gasteiger partial charge in [-0.15, -0.1) is 0 Å². The summed E-state index contributed by atoms with van der Waals surface area (Å²) in [5, 5.41) is 3.00. The molecule has 26 heavy (non-hydrogen) atoms. The van der Waals surface area contributed by atoms with E-state index >= 15 is 0 Å². The molecule has 2 amide bonds. The Morgan fingerprint density at radius 1 is 1.04 bits per heavy atom. The molecule has 0 spiro atoms. The van der Waals surface area contributed by atoms with Gasteiger partial charge in [-0.1, -0.05) is 36.4 Å². The molecule has 2 aromatic rings. The molecule has 3 rings (SSSR count). The lowest BCUT2D eigenvalue weighted by atomic mass is 9.95. The molecule has 1 aliphatic heterocycles. The van der Waals surface area contributed by atoms with Crippen molar-refractivity contribution in [3.63, 3.8) is 0 Å². The molecular weight excluding hydrogens is 328 g/mol. The number of piperidine rings is 1. The van der Waals surface area contributed by atoms with Gasteiger partial charge in [0.2, 0.25) is 5.91 Å². The standard InChI is InChI=1S/C21H24N2O3/c1-26-19-10-6-5-9-18(19)15-22-20(24)16-11-13-23(14-12-16)21(25)17-7-3-2-4-8-17/h2-10,16H,11-15H2,1H3,(H,22,24). The van der Waals surface area contributed by atoms with Crippen LogP contribution in [0.15, 0.2) is 54.6 Å². The Balaban J connectivity index is 1.50. The minimum absolute atomic E-state index is 0.0403. The number of nitrogens with one attached hydrogen (secondary N) is 1. The summed E-state index contributed by atoms with van der Waals surface area (Å²) in [5.74, 6) is 0.807. The smallest absolute Gasteiger partial charge is 0.253 e. The fraction of sp³-hybridized carbons (Fsp3) is 0.333. The van der Waals surface area contributed by atoms with Gasteiger partial charge in [0, 0.05) is 36.7 Å². The van der Waals surface area contributed by atoms with Gasteiger partial charge in [-0.05, 0) is 31.0 Å². The van der Waals surface area contributed by atoms with E-state index < -0.39 is 0 Å². The SMILES string of the molecule is COc1ccccc1CNC(=O)C1CCN(C(=O)c2ccccc2)CC1. The van der Waals surface area contributed by atoms with Crippen LogP contribution in [-0.4, -0.2) is 36.9 Å². The molecule has 0 saturated carbocycles. The van der Waals surface area contributed by atoms with Crippen molar-refractivity contribution >= 4 is 11.8 Å². The molecule has 5 heteroatoms. The van der Waals surface area contributed by atoms with Crippen molar-refractivity contribution in [3.05, 3.63) is 65.7 Å². The van der Waals surface area contributed by atoms with Crippen LogP contribution in [0, 0.1) is 5.92 Å². The Kier molecular flexibility index (Phi) is 5.89. The van der Waals surface area contributed by atoms with Crippen LogP contribution in [0.2, 0.25) is 0 Å². The second-order valence-corrected chi connectivity index (χ2v) is 6.46. The Morgan fingerprint density at radius 3 is 2.38 bits per heavy atom. The number of hydrogen-bond donors (Lipinski definition) is 1. The van der Waals surface area contributed by atoms with Gasteiger partial charge in [-0.2, -0.15) is 0 Å². The maximum absolute atomic E-state index is 12.5. The van der Waals surface area contributed by atoms with E-state index in [0.29, 0.717) is 38.0 Å². The number of carbonyl (C=O) groups excluding carboxylic acids is 2. The molecule has 0 aromatic heterocycles. The summed E-state index contributed by atoms with van der Waals surface area (Å²) in [6.45, 7) is 1.67. The normalized spacial score (nSPS) is 14.7. The second kappa shape index (κ2) is 8.52. The molecule has 0 radical (unpaired) electrons. The molecule has 0 aliphatic carbocycles. The third kappa shape index (κ3) is 4.23. The molecule has 1 aliphatic rings. The van der Waals surface area contributed by atoms with Crippen LogP contribution in [0.1, 0.15) is 28.8 Å². The summed E-state index contributed by atoms with van der Waals surface area (Å²) in [6, 6.07) is 16.9. The van der Waals surface area contributed by atoms with Crippen LogP contribution in [0.4, 0.5) is 0 Å². The molecular formula is C21H24N2O3. The summed E-state index contributed by atoms with van der Waals surface area (Å²) in [5.41, 5.74) is 1.66. The maximum Gasteiger partial charge on any atom is 0.253 e. The molecule has 0 unspecified atom stereocenters. The highest BCUT2D eigenvalue weighted by atomic mass is 16.5. The van der Waals surface area contributed by atoms with Gasteiger partial charge in [0.05, 0.1) is 7.11 Å². The number of methoxy groups -OCH3 is 1. The predicted molar refractivity (Wildman–Crippen MR) is 99.9 cm³/mol. The highest BCUT2D eigenvalue weighted by Gasteiger charge is 2.27. The first kappa shape index (κ1) is 18.0. The Bertz CT molecular complexity index is 753. The number of benzene rings is 2. The largest absolute Gasteiger partial charge is 0.496 e. The Morgan fingerprint density at radius 2 is 1.69 bits per heavy atom. The van der Waals surface area contributed by atoms with E-state index in [2.05, 4.69) is 5.32 Å². The van der Waals surface area contributed by atoms with Crippen LogP contribution in [0.25, 0.3) is 0 Å². The molecule has 1 N–H and O–H groups in total. The van der Waals surface area contributed by atoms with Gasteiger partial charge < -0.3 is 15.0 Å². The molecule has 2 aromatic carbocycles. The van der Waals surface area contributed by atoms with Gasteiger partial charge in [0.25, 0.3) is 5.91 Å². The lowest BCUT2D eigenvalue weighted by molar-refractivity contribution is -0.126. The van der Waals surface area contributed by atoms with Crippen molar-refractivity contribution < 1.29 is 14.3 Å². The molecule has 1 heterocycles. The Hall–Kier alpha value is -2.82. The van der Waals surface area contributed by atoms with Crippen molar-refractivity contribution in [2.45, 2.75) is 19.4 Å². The molecule has 0 atom stereocenters. The zero-order valence-electron chi connectivity index (χ0n) is 15.0. The molecule has 0 bridgehead atoms. The average Bonchev–Trinajstić information content (AvgIpc) is 2.72. The number of nitrogens with zero attached hydrogens (tertiary/aromatic N) is 1. The summed E-state index contributed by atoms with van der Waals surface area (Å²) < 4.78 is 5.31. The quantitative estimate of drug-likeness (QED) is 0.900. The highest BCUT2D eigenvalue weighted by molar-refractivity contribution is 5.94. The number of rotatable bonds is 5. The van der Waals surface area contributed by atoms with Gasteiger partial charge in [0.15, 0.2) is 0 Å². The zero-order valence-corrected chi connectivity index (χ0v) is 15.0. The third-order valence-electron chi connectivity index (χ3n) is 4.82. The minimum atomic E-state index is -0.0514. The topological polar surface area (TPSA) is 58.6 Å². The Labute approximate surface area is 154 Å². The molecule has 1 saturated heterocycles. The first-order valence-corrected chi connectivity index (χ1v) is 8.93. The van der Waals surface area contributed by atoms with E-state index in [4.69, 9.17) is 4.74 Å². The van der Waals surface area contributed by atoms with Crippen molar-refractivity contribution in [3.8, 4) is 5.75 Å². The molecule has 136 valence electrons. The van der Waals surface area contributed by atoms with Gasteiger partial charge in [-0.25, -0.2) is 0 Å². The van der Waals surface area contributed by atoms with E-state index in [0.717, 1.165) is 11.3 Å². The first-order valence-electron chi connectivity index (χ1n) is 8.93. The summed E-state index contributed by atoms with van der Waals surface area (Å²) in [4.78, 5) is 26.8. The van der Waals surface area contributed by atoms with Crippen LogP contribution < -0.4 is 10.1 Å².